The highest BCUT2D eigenvalue weighted by molar-refractivity contribution is 5.71. The maximum atomic E-state index is 12.9. The van der Waals surface area contributed by atoms with Crippen LogP contribution >= 0.6 is 0 Å². The fourth-order valence-electron chi connectivity index (χ4n) is 8.68. The van der Waals surface area contributed by atoms with E-state index in [9.17, 15) is 19.5 Å². The number of nitrogens with zero attached hydrogens (tertiary/aromatic N) is 1. The van der Waals surface area contributed by atoms with Crippen molar-refractivity contribution in [3.63, 3.8) is 0 Å². The number of carboxylic acid groups (broad SMARTS) is 1. The van der Waals surface area contributed by atoms with E-state index in [1.807, 2.05) is 21.1 Å². The van der Waals surface area contributed by atoms with Gasteiger partial charge in [-0.2, -0.15) is 0 Å². The van der Waals surface area contributed by atoms with Crippen LogP contribution in [0, 0.1) is 0 Å². The summed E-state index contributed by atoms with van der Waals surface area (Å²) in [6.07, 6.45) is 80.8. The van der Waals surface area contributed by atoms with Gasteiger partial charge in [0.15, 0.2) is 6.10 Å². The maximum Gasteiger partial charge on any atom is 0.361 e. The molecule has 0 radical (unpaired) electrons. The lowest BCUT2D eigenvalue weighted by Crippen LogP contribution is -2.40. The monoisotopic (exact) mass is 1100 g/mol. The number of hydrogen-bond acceptors (Lipinski definition) is 7. The molecule has 0 bridgehead atoms. The first-order chi connectivity index (χ1) is 38.6. The zero-order valence-corrected chi connectivity index (χ0v) is 51.5. The minimum absolute atomic E-state index is 0.180. The summed E-state index contributed by atoms with van der Waals surface area (Å²) in [5.74, 6) is -2.04. The molecule has 1 N–H and O–H groups in total. The molecular formula is C70H120NO8+. The van der Waals surface area contributed by atoms with Crippen LogP contribution in [0.2, 0.25) is 0 Å². The molecule has 0 aliphatic rings. The van der Waals surface area contributed by atoms with Gasteiger partial charge in [-0.15, -0.1) is 0 Å². The van der Waals surface area contributed by atoms with Crippen molar-refractivity contribution >= 4 is 17.9 Å². The molecule has 2 unspecified atom stereocenters. The second kappa shape index (κ2) is 60.1. The van der Waals surface area contributed by atoms with Crippen molar-refractivity contribution < 1.29 is 42.9 Å². The van der Waals surface area contributed by atoms with Crippen molar-refractivity contribution in [2.75, 3.05) is 47.5 Å². The minimum Gasteiger partial charge on any atom is -0.477 e. The summed E-state index contributed by atoms with van der Waals surface area (Å²) >= 11 is 0. The number of carboxylic acids is 1. The average Bonchev–Trinajstić information content (AvgIpc) is 3.42. The quantitative estimate of drug-likeness (QED) is 0.0211. The standard InChI is InChI=1S/C70H119NO8/c1-6-8-10-12-14-16-18-20-21-22-23-24-25-26-27-28-29-30-31-32-33-34-35-36-37-38-39-40-41-42-43-44-45-46-47-49-51-53-55-57-59-61-68(73)79-66(65-78-70(69(74)75)76-63-62-71(3,4)5)64-77-67(72)60-58-56-54-52-50-48-19-17-15-13-11-9-7-2/h8-11,14-17,20-21,23-24,26-27,29-30,48,50,66,70H,6-7,12-13,18-19,22,25,28,31-47,49,51-65H2,1-5H3/p+1/b10-8-,11-9-,16-14-,17-15-,21-20-,24-23-,27-26-,30-29-,50-48-. The first kappa shape index (κ1) is 75.0. The van der Waals surface area contributed by atoms with Crippen molar-refractivity contribution in [2.24, 2.45) is 0 Å². The first-order valence-electron chi connectivity index (χ1n) is 32.1. The van der Waals surface area contributed by atoms with Gasteiger partial charge in [-0.25, -0.2) is 4.79 Å². The number of quaternary nitrogens is 1. The molecule has 9 heteroatoms. The largest absolute Gasteiger partial charge is 0.477 e. The van der Waals surface area contributed by atoms with E-state index in [0.717, 1.165) is 89.9 Å². The summed E-state index contributed by atoms with van der Waals surface area (Å²) in [4.78, 5) is 37.4. The fraction of sp³-hybridized carbons (Fsp3) is 0.700. The molecule has 0 fully saturated rings. The number of aliphatic carboxylic acids is 1. The van der Waals surface area contributed by atoms with Crippen molar-refractivity contribution in [1.29, 1.82) is 0 Å². The maximum absolute atomic E-state index is 12.9. The smallest absolute Gasteiger partial charge is 0.361 e. The molecule has 0 aromatic rings. The molecule has 0 spiro atoms. The Kier molecular flexibility index (Phi) is 57.0. The molecule has 0 saturated heterocycles. The molecule has 0 aliphatic carbocycles. The van der Waals surface area contributed by atoms with Gasteiger partial charge in [0.2, 0.25) is 0 Å². The minimum atomic E-state index is -1.52. The van der Waals surface area contributed by atoms with Crippen LogP contribution < -0.4 is 0 Å². The van der Waals surface area contributed by atoms with Crippen molar-refractivity contribution in [2.45, 2.75) is 270 Å². The highest BCUT2D eigenvalue weighted by atomic mass is 16.7. The SMILES string of the molecule is CC/C=C\C/C=C\C/C=C\C/C=C\C/C=C\C/C=C\CCCCCCCCCCCCCCCCCCCCCCCCC(=O)OC(COC(=O)CCCCC/C=C\C/C=C\C/C=C\CC)COC(OCC[N+](C)(C)C)C(=O)O. The lowest BCUT2D eigenvalue weighted by atomic mass is 10.0. The van der Waals surface area contributed by atoms with Gasteiger partial charge in [-0.1, -0.05) is 258 Å². The number of allylic oxidation sites excluding steroid dienone is 18. The normalized spacial score (nSPS) is 13.5. The molecule has 0 heterocycles. The van der Waals surface area contributed by atoms with E-state index < -0.39 is 24.3 Å². The molecule has 0 saturated carbocycles. The number of esters is 2. The van der Waals surface area contributed by atoms with Crippen LogP contribution in [-0.2, 0) is 33.3 Å². The van der Waals surface area contributed by atoms with Gasteiger partial charge in [-0.05, 0) is 96.3 Å². The third kappa shape index (κ3) is 61.4. The van der Waals surface area contributed by atoms with Crippen LogP contribution in [-0.4, -0.2) is 87.4 Å². The van der Waals surface area contributed by atoms with Crippen LogP contribution in [0.25, 0.3) is 0 Å². The van der Waals surface area contributed by atoms with Crippen molar-refractivity contribution in [3.05, 3.63) is 109 Å². The highest BCUT2D eigenvalue weighted by Gasteiger charge is 2.25. The predicted octanol–water partition coefficient (Wildman–Crippen LogP) is 19.5. The van der Waals surface area contributed by atoms with Crippen molar-refractivity contribution in [3.8, 4) is 0 Å². The summed E-state index contributed by atoms with van der Waals surface area (Å²) in [6.45, 7) is 4.61. The molecule has 0 aromatic heterocycles. The van der Waals surface area contributed by atoms with E-state index in [2.05, 4.69) is 123 Å². The van der Waals surface area contributed by atoms with Crippen LogP contribution in [0.1, 0.15) is 258 Å². The lowest BCUT2D eigenvalue weighted by molar-refractivity contribution is -0.870. The van der Waals surface area contributed by atoms with E-state index in [1.165, 1.54) is 128 Å². The molecular weight excluding hydrogens is 983 g/mol. The van der Waals surface area contributed by atoms with Gasteiger partial charge in [-0.3, -0.25) is 9.59 Å². The second-order valence-electron chi connectivity index (χ2n) is 22.3. The summed E-state index contributed by atoms with van der Waals surface area (Å²) in [5.41, 5.74) is 0. The van der Waals surface area contributed by atoms with Gasteiger partial charge in [0, 0.05) is 12.8 Å². The van der Waals surface area contributed by atoms with E-state index in [1.54, 1.807) is 0 Å². The number of hydrogen-bond donors (Lipinski definition) is 1. The van der Waals surface area contributed by atoms with E-state index in [-0.39, 0.29) is 38.6 Å². The average molecular weight is 1100 g/mol. The van der Waals surface area contributed by atoms with Crippen LogP contribution in [0.15, 0.2) is 109 Å². The molecule has 452 valence electrons. The summed E-state index contributed by atoms with van der Waals surface area (Å²) in [6, 6.07) is 0. The molecule has 0 aliphatic heterocycles. The Morgan fingerprint density at radius 2 is 0.684 bits per heavy atom. The highest BCUT2D eigenvalue weighted by Crippen LogP contribution is 2.17. The Hall–Kier alpha value is -4.05. The van der Waals surface area contributed by atoms with Gasteiger partial charge < -0.3 is 28.5 Å². The summed E-state index contributed by atoms with van der Waals surface area (Å²) in [5, 5.41) is 9.69. The molecule has 0 rings (SSSR count). The van der Waals surface area contributed by atoms with Gasteiger partial charge in [0.1, 0.15) is 13.2 Å². The Bertz CT molecular complexity index is 1660. The Balaban J connectivity index is 3.97. The summed E-state index contributed by atoms with van der Waals surface area (Å²) in [7, 11) is 5.96. The van der Waals surface area contributed by atoms with Crippen molar-refractivity contribution in [1.82, 2.24) is 0 Å². The third-order valence-electron chi connectivity index (χ3n) is 13.5. The van der Waals surface area contributed by atoms with E-state index in [4.69, 9.17) is 18.9 Å². The molecule has 0 amide bonds. The predicted molar refractivity (Wildman–Crippen MR) is 336 cm³/mol. The molecule has 79 heavy (non-hydrogen) atoms. The van der Waals surface area contributed by atoms with E-state index in [0.29, 0.717) is 23.9 Å². The summed E-state index contributed by atoms with van der Waals surface area (Å²) < 4.78 is 22.8. The number of unbranched alkanes of at least 4 members (excludes halogenated alkanes) is 25. The number of likely N-dealkylation sites (N-methyl/N-ethyl adjacent to an activating group) is 1. The Morgan fingerprint density at radius 3 is 1.03 bits per heavy atom. The number of carbonyl (C=O) groups is 3. The zero-order valence-electron chi connectivity index (χ0n) is 51.5. The number of ether oxygens (including phenoxy) is 4. The van der Waals surface area contributed by atoms with E-state index >= 15 is 0 Å². The third-order valence-corrected chi connectivity index (χ3v) is 13.5. The first-order valence-corrected chi connectivity index (χ1v) is 32.1. The van der Waals surface area contributed by atoms with Crippen LogP contribution in [0.4, 0.5) is 0 Å². The Labute approximate surface area is 485 Å². The second-order valence-corrected chi connectivity index (χ2v) is 22.3. The molecule has 2 atom stereocenters. The topological polar surface area (TPSA) is 108 Å². The van der Waals surface area contributed by atoms with Crippen LogP contribution in [0.5, 0.6) is 0 Å². The van der Waals surface area contributed by atoms with Crippen LogP contribution in [0.3, 0.4) is 0 Å². The Morgan fingerprint density at radius 1 is 0.380 bits per heavy atom. The fourth-order valence-corrected chi connectivity index (χ4v) is 8.68. The van der Waals surface area contributed by atoms with Gasteiger partial charge in [0.25, 0.3) is 6.29 Å². The molecule has 9 nitrogen and oxygen atoms in total. The van der Waals surface area contributed by atoms with Gasteiger partial charge in [0.05, 0.1) is 34.4 Å². The van der Waals surface area contributed by atoms with Gasteiger partial charge >= 0.3 is 17.9 Å². The lowest BCUT2D eigenvalue weighted by Gasteiger charge is -2.25. The molecule has 0 aromatic carbocycles. The zero-order chi connectivity index (χ0) is 57.6. The number of carbonyl (C=O) groups excluding carboxylic acids is 2. The number of rotatable bonds is 58.